The monoisotopic (exact) mass is 360 g/mol. The number of aromatic nitrogens is 1. The van der Waals surface area contributed by atoms with Gasteiger partial charge in [-0.1, -0.05) is 0 Å². The Hall–Kier alpha value is -2.41. The molecule has 1 aromatic heterocycles. The SMILES string of the molecule is COc1ccc(OC)c(C2SCCN2C(=O)c2ccnc(OC)c2)c1. The molecule has 1 amide bonds. The molecule has 0 N–H and O–H groups in total. The Kier molecular flexibility index (Phi) is 5.33. The molecule has 0 saturated carbocycles. The van der Waals surface area contributed by atoms with Crippen LogP contribution < -0.4 is 14.2 Å². The van der Waals surface area contributed by atoms with Gasteiger partial charge in [-0.3, -0.25) is 4.79 Å². The highest BCUT2D eigenvalue weighted by atomic mass is 32.2. The first-order chi connectivity index (χ1) is 12.2. The molecule has 1 aromatic carbocycles. The molecule has 25 heavy (non-hydrogen) atoms. The number of ether oxygens (including phenoxy) is 3. The number of hydrogen-bond acceptors (Lipinski definition) is 6. The van der Waals surface area contributed by atoms with E-state index >= 15 is 0 Å². The third kappa shape index (κ3) is 3.51. The molecule has 1 fully saturated rings. The number of carbonyl (C=O) groups is 1. The first-order valence-electron chi connectivity index (χ1n) is 7.82. The van der Waals surface area contributed by atoms with Crippen molar-refractivity contribution < 1.29 is 19.0 Å². The first-order valence-corrected chi connectivity index (χ1v) is 8.87. The molecule has 6 nitrogen and oxygen atoms in total. The van der Waals surface area contributed by atoms with Crippen LogP contribution in [0.3, 0.4) is 0 Å². The van der Waals surface area contributed by atoms with Gasteiger partial charge < -0.3 is 19.1 Å². The Morgan fingerprint density at radius 1 is 1.16 bits per heavy atom. The van der Waals surface area contributed by atoms with Gasteiger partial charge in [-0.15, -0.1) is 11.8 Å². The number of carbonyl (C=O) groups excluding carboxylic acids is 1. The molecular weight excluding hydrogens is 340 g/mol. The summed E-state index contributed by atoms with van der Waals surface area (Å²) in [5, 5.41) is -0.128. The molecule has 0 aliphatic carbocycles. The van der Waals surface area contributed by atoms with E-state index in [-0.39, 0.29) is 11.3 Å². The fraction of sp³-hybridized carbons (Fsp3) is 0.333. The van der Waals surface area contributed by atoms with Crippen molar-refractivity contribution in [2.45, 2.75) is 5.37 Å². The number of methoxy groups -OCH3 is 3. The average molecular weight is 360 g/mol. The molecule has 1 atom stereocenters. The molecule has 2 heterocycles. The van der Waals surface area contributed by atoms with Crippen LogP contribution in [0.1, 0.15) is 21.3 Å². The van der Waals surface area contributed by atoms with Gasteiger partial charge in [0.2, 0.25) is 5.88 Å². The summed E-state index contributed by atoms with van der Waals surface area (Å²) >= 11 is 1.71. The summed E-state index contributed by atoms with van der Waals surface area (Å²) in [6.45, 7) is 0.666. The van der Waals surface area contributed by atoms with E-state index in [0.29, 0.717) is 18.0 Å². The Morgan fingerprint density at radius 2 is 2.00 bits per heavy atom. The first kappa shape index (κ1) is 17.4. The maximum atomic E-state index is 13.0. The number of thioether (sulfide) groups is 1. The van der Waals surface area contributed by atoms with Gasteiger partial charge in [-0.2, -0.15) is 0 Å². The Bertz CT molecular complexity index is 768. The van der Waals surface area contributed by atoms with Crippen LogP contribution in [-0.4, -0.2) is 49.4 Å². The third-order valence-electron chi connectivity index (χ3n) is 4.05. The molecule has 2 aromatic rings. The van der Waals surface area contributed by atoms with Gasteiger partial charge in [0.05, 0.1) is 21.3 Å². The maximum absolute atomic E-state index is 13.0. The van der Waals surface area contributed by atoms with Crippen LogP contribution in [0.25, 0.3) is 0 Å². The second kappa shape index (κ2) is 7.65. The summed E-state index contributed by atoms with van der Waals surface area (Å²) in [5.74, 6) is 2.71. The van der Waals surface area contributed by atoms with Crippen molar-refractivity contribution in [1.29, 1.82) is 0 Å². The number of rotatable bonds is 5. The zero-order chi connectivity index (χ0) is 17.8. The molecule has 7 heteroatoms. The molecule has 0 spiro atoms. The summed E-state index contributed by atoms with van der Waals surface area (Å²) < 4.78 is 15.9. The lowest BCUT2D eigenvalue weighted by atomic mass is 10.1. The normalized spacial score (nSPS) is 16.6. The van der Waals surface area contributed by atoms with Gasteiger partial charge in [0.1, 0.15) is 16.9 Å². The van der Waals surface area contributed by atoms with Crippen molar-refractivity contribution in [1.82, 2.24) is 9.88 Å². The zero-order valence-corrected chi connectivity index (χ0v) is 15.2. The van der Waals surface area contributed by atoms with Gasteiger partial charge >= 0.3 is 0 Å². The van der Waals surface area contributed by atoms with E-state index in [2.05, 4.69) is 4.98 Å². The minimum absolute atomic E-state index is 0.0550. The number of nitrogens with zero attached hydrogens (tertiary/aromatic N) is 2. The molecule has 1 aliphatic rings. The molecule has 3 rings (SSSR count). The summed E-state index contributed by atoms with van der Waals surface area (Å²) in [6, 6.07) is 9.00. The van der Waals surface area contributed by atoms with Crippen LogP contribution in [0.15, 0.2) is 36.5 Å². The van der Waals surface area contributed by atoms with Gasteiger partial charge in [0, 0.05) is 35.7 Å². The fourth-order valence-corrected chi connectivity index (χ4v) is 4.06. The minimum Gasteiger partial charge on any atom is -0.497 e. The van der Waals surface area contributed by atoms with Crippen molar-refractivity contribution in [2.24, 2.45) is 0 Å². The second-order valence-corrected chi connectivity index (χ2v) is 6.60. The highest BCUT2D eigenvalue weighted by Gasteiger charge is 2.33. The molecule has 1 saturated heterocycles. The van der Waals surface area contributed by atoms with Crippen LogP contribution >= 0.6 is 11.8 Å². The molecule has 0 bridgehead atoms. The van der Waals surface area contributed by atoms with Crippen molar-refractivity contribution >= 4 is 17.7 Å². The van der Waals surface area contributed by atoms with Gasteiger partial charge in [-0.25, -0.2) is 4.98 Å². The fourth-order valence-electron chi connectivity index (χ4n) is 2.79. The molecule has 0 radical (unpaired) electrons. The van der Waals surface area contributed by atoms with E-state index in [9.17, 15) is 4.79 Å². The third-order valence-corrected chi connectivity index (χ3v) is 5.29. The summed E-state index contributed by atoms with van der Waals surface area (Å²) in [5.41, 5.74) is 1.49. The van der Waals surface area contributed by atoms with Crippen molar-refractivity contribution in [3.63, 3.8) is 0 Å². The quantitative estimate of drug-likeness (QED) is 0.817. The highest BCUT2D eigenvalue weighted by Crippen LogP contribution is 2.43. The van der Waals surface area contributed by atoms with Gasteiger partial charge in [0.15, 0.2) is 0 Å². The predicted octanol–water partition coefficient (Wildman–Crippen LogP) is 3.00. The van der Waals surface area contributed by atoms with Crippen LogP contribution in [0, 0.1) is 0 Å². The average Bonchev–Trinajstić information content (AvgIpc) is 3.16. The van der Waals surface area contributed by atoms with Crippen molar-refractivity contribution in [3.8, 4) is 17.4 Å². The Labute approximate surface area is 151 Å². The summed E-state index contributed by atoms with van der Waals surface area (Å²) in [4.78, 5) is 18.9. The summed E-state index contributed by atoms with van der Waals surface area (Å²) in [6.07, 6.45) is 1.58. The van der Waals surface area contributed by atoms with Crippen molar-refractivity contribution in [3.05, 3.63) is 47.7 Å². The Morgan fingerprint density at radius 3 is 2.72 bits per heavy atom. The topological polar surface area (TPSA) is 60.9 Å². The standard InChI is InChI=1S/C18H20N2O4S/c1-22-13-4-5-15(23-2)14(11-13)18-20(8-9-25-18)17(21)12-6-7-19-16(10-12)24-3/h4-7,10-11,18H,8-9H2,1-3H3. The van der Waals surface area contributed by atoms with Crippen LogP contribution in [0.4, 0.5) is 0 Å². The minimum atomic E-state index is -0.128. The van der Waals surface area contributed by atoms with E-state index in [4.69, 9.17) is 14.2 Å². The number of amides is 1. The van der Waals surface area contributed by atoms with E-state index in [0.717, 1.165) is 22.8 Å². The molecular formula is C18H20N2O4S. The van der Waals surface area contributed by atoms with Crippen LogP contribution in [0.5, 0.6) is 17.4 Å². The predicted molar refractivity (Wildman–Crippen MR) is 96.6 cm³/mol. The maximum Gasteiger partial charge on any atom is 0.255 e. The molecule has 132 valence electrons. The summed E-state index contributed by atoms with van der Waals surface area (Å²) in [7, 11) is 4.79. The van der Waals surface area contributed by atoms with Gasteiger partial charge in [-0.05, 0) is 24.3 Å². The van der Waals surface area contributed by atoms with E-state index in [1.165, 1.54) is 7.11 Å². The lowest BCUT2D eigenvalue weighted by Gasteiger charge is -2.26. The lowest BCUT2D eigenvalue weighted by Crippen LogP contribution is -2.30. The number of benzene rings is 1. The lowest BCUT2D eigenvalue weighted by molar-refractivity contribution is 0.0758. The Balaban J connectivity index is 1.93. The number of hydrogen-bond donors (Lipinski definition) is 0. The van der Waals surface area contributed by atoms with E-state index in [1.54, 1.807) is 44.3 Å². The van der Waals surface area contributed by atoms with Crippen LogP contribution in [-0.2, 0) is 0 Å². The van der Waals surface area contributed by atoms with Crippen molar-refractivity contribution in [2.75, 3.05) is 33.6 Å². The smallest absolute Gasteiger partial charge is 0.255 e. The van der Waals surface area contributed by atoms with Gasteiger partial charge in [0.25, 0.3) is 5.91 Å². The molecule has 1 unspecified atom stereocenters. The zero-order valence-electron chi connectivity index (χ0n) is 14.4. The molecule has 1 aliphatic heterocycles. The second-order valence-electron chi connectivity index (χ2n) is 5.42. The van der Waals surface area contributed by atoms with E-state index < -0.39 is 0 Å². The largest absolute Gasteiger partial charge is 0.497 e. The highest BCUT2D eigenvalue weighted by molar-refractivity contribution is 7.99. The van der Waals surface area contributed by atoms with E-state index in [1.807, 2.05) is 23.1 Å². The van der Waals surface area contributed by atoms with Crippen LogP contribution in [0.2, 0.25) is 0 Å². The number of pyridine rings is 1.